The molecule has 2 N–H and O–H groups in total. The Morgan fingerprint density at radius 3 is 2.58 bits per heavy atom. The molecule has 0 atom stereocenters. The van der Waals surface area contributed by atoms with E-state index in [1.807, 2.05) is 30.3 Å². The molecule has 2 aromatic carbocycles. The fraction of sp³-hybridized carbons (Fsp3) is 0.0625. The zero-order chi connectivity index (χ0) is 18.7. The largest absolute Gasteiger partial charge is 0.333 e. The van der Waals surface area contributed by atoms with Gasteiger partial charge in [-0.2, -0.15) is 0 Å². The summed E-state index contributed by atoms with van der Waals surface area (Å²) in [6, 6.07) is 13.3. The van der Waals surface area contributed by atoms with Gasteiger partial charge in [-0.05, 0) is 36.5 Å². The van der Waals surface area contributed by atoms with Gasteiger partial charge in [0.2, 0.25) is 10.0 Å². The van der Waals surface area contributed by atoms with Crippen molar-refractivity contribution < 1.29 is 13.3 Å². The van der Waals surface area contributed by atoms with Crippen LogP contribution in [-0.4, -0.2) is 30.4 Å². The number of nitro benzene ring substituents is 1. The SMILES string of the molecule is CNS(=O)(=O)c1ccc(Sc2ncc(-c3ccccc3)[nH]2)c([N+](=O)[O-])c1. The molecule has 0 fully saturated rings. The molecule has 0 aliphatic carbocycles. The van der Waals surface area contributed by atoms with Gasteiger partial charge in [0, 0.05) is 6.07 Å². The fourth-order valence-corrected chi connectivity index (χ4v) is 3.83. The third kappa shape index (κ3) is 3.77. The van der Waals surface area contributed by atoms with Gasteiger partial charge in [0.25, 0.3) is 5.69 Å². The van der Waals surface area contributed by atoms with E-state index in [-0.39, 0.29) is 10.6 Å². The lowest BCUT2D eigenvalue weighted by atomic mass is 10.2. The second-order valence-corrected chi connectivity index (χ2v) is 8.08. The maximum absolute atomic E-state index is 11.8. The van der Waals surface area contributed by atoms with E-state index in [4.69, 9.17) is 0 Å². The van der Waals surface area contributed by atoms with Crippen molar-refractivity contribution in [1.82, 2.24) is 14.7 Å². The first-order chi connectivity index (χ1) is 12.4. The Labute approximate surface area is 153 Å². The zero-order valence-corrected chi connectivity index (χ0v) is 15.2. The monoisotopic (exact) mass is 390 g/mol. The average molecular weight is 390 g/mol. The first kappa shape index (κ1) is 18.1. The minimum Gasteiger partial charge on any atom is -0.333 e. The van der Waals surface area contributed by atoms with E-state index >= 15 is 0 Å². The third-order valence-corrected chi connectivity index (χ3v) is 5.93. The summed E-state index contributed by atoms with van der Waals surface area (Å²) in [4.78, 5) is 18.2. The number of rotatable bonds is 6. The van der Waals surface area contributed by atoms with E-state index in [9.17, 15) is 18.5 Å². The van der Waals surface area contributed by atoms with Gasteiger partial charge in [0.15, 0.2) is 5.16 Å². The lowest BCUT2D eigenvalue weighted by molar-refractivity contribution is -0.388. The number of sulfonamides is 1. The first-order valence-electron chi connectivity index (χ1n) is 7.41. The van der Waals surface area contributed by atoms with E-state index in [0.29, 0.717) is 10.1 Å². The Bertz CT molecular complexity index is 1050. The van der Waals surface area contributed by atoms with Crippen molar-refractivity contribution in [2.24, 2.45) is 0 Å². The van der Waals surface area contributed by atoms with Crippen LogP contribution >= 0.6 is 11.8 Å². The molecule has 0 aliphatic heterocycles. The highest BCUT2D eigenvalue weighted by Crippen LogP contribution is 2.35. The van der Waals surface area contributed by atoms with Crippen LogP contribution in [0.25, 0.3) is 11.3 Å². The molecule has 0 spiro atoms. The molecule has 1 aromatic heterocycles. The minimum atomic E-state index is -3.76. The van der Waals surface area contributed by atoms with Gasteiger partial charge < -0.3 is 4.98 Å². The smallest absolute Gasteiger partial charge is 0.284 e. The van der Waals surface area contributed by atoms with Crippen molar-refractivity contribution >= 4 is 27.5 Å². The van der Waals surface area contributed by atoms with E-state index in [0.717, 1.165) is 29.1 Å². The predicted octanol–water partition coefficient (Wildman–Crippen LogP) is 3.04. The van der Waals surface area contributed by atoms with Crippen molar-refractivity contribution in [2.45, 2.75) is 14.9 Å². The summed E-state index contributed by atoms with van der Waals surface area (Å²) in [6.07, 6.45) is 1.64. The highest BCUT2D eigenvalue weighted by molar-refractivity contribution is 7.99. The number of nitrogens with zero attached hydrogens (tertiary/aromatic N) is 2. The number of nitro groups is 1. The molecule has 8 nitrogen and oxygen atoms in total. The molecule has 134 valence electrons. The summed E-state index contributed by atoms with van der Waals surface area (Å²) in [6.45, 7) is 0. The van der Waals surface area contributed by atoms with E-state index in [1.165, 1.54) is 19.2 Å². The Kier molecular flexibility index (Phi) is 5.07. The van der Waals surface area contributed by atoms with Crippen molar-refractivity contribution in [1.29, 1.82) is 0 Å². The van der Waals surface area contributed by atoms with Crippen LogP contribution in [-0.2, 0) is 10.0 Å². The molecule has 0 saturated heterocycles. The van der Waals surface area contributed by atoms with Gasteiger partial charge in [0.05, 0.1) is 26.6 Å². The van der Waals surface area contributed by atoms with Gasteiger partial charge in [-0.25, -0.2) is 18.1 Å². The second kappa shape index (κ2) is 7.28. The van der Waals surface area contributed by atoms with E-state index < -0.39 is 14.9 Å². The highest BCUT2D eigenvalue weighted by atomic mass is 32.2. The number of aromatic nitrogens is 2. The highest BCUT2D eigenvalue weighted by Gasteiger charge is 2.21. The number of aromatic amines is 1. The van der Waals surface area contributed by atoms with Gasteiger partial charge in [-0.15, -0.1) is 0 Å². The summed E-state index contributed by atoms with van der Waals surface area (Å²) in [5, 5.41) is 11.8. The molecule has 26 heavy (non-hydrogen) atoms. The maximum atomic E-state index is 11.8. The number of benzene rings is 2. The summed E-state index contributed by atoms with van der Waals surface area (Å²) in [5.74, 6) is 0. The van der Waals surface area contributed by atoms with Gasteiger partial charge >= 0.3 is 0 Å². The van der Waals surface area contributed by atoms with Crippen molar-refractivity contribution in [3.63, 3.8) is 0 Å². The molecule has 0 aliphatic rings. The van der Waals surface area contributed by atoms with Crippen LogP contribution in [0.1, 0.15) is 0 Å². The summed E-state index contributed by atoms with van der Waals surface area (Å²) < 4.78 is 25.8. The molecule has 0 amide bonds. The predicted molar refractivity (Wildman–Crippen MR) is 97.5 cm³/mol. The molecule has 10 heteroatoms. The molecule has 0 bridgehead atoms. The Morgan fingerprint density at radius 1 is 1.19 bits per heavy atom. The fourth-order valence-electron chi connectivity index (χ4n) is 2.23. The topological polar surface area (TPSA) is 118 Å². The minimum absolute atomic E-state index is 0.166. The summed E-state index contributed by atoms with van der Waals surface area (Å²) in [5.41, 5.74) is 1.42. The summed E-state index contributed by atoms with van der Waals surface area (Å²) in [7, 11) is -2.52. The number of H-pyrrole nitrogens is 1. The molecular formula is C16H14N4O4S2. The molecule has 3 aromatic rings. The van der Waals surface area contributed by atoms with E-state index in [2.05, 4.69) is 14.7 Å². The number of hydrogen-bond acceptors (Lipinski definition) is 6. The zero-order valence-electron chi connectivity index (χ0n) is 13.5. The quantitative estimate of drug-likeness (QED) is 0.493. The average Bonchev–Trinajstić information content (AvgIpc) is 3.11. The molecule has 0 radical (unpaired) electrons. The first-order valence-corrected chi connectivity index (χ1v) is 9.71. The third-order valence-electron chi connectivity index (χ3n) is 3.55. The lowest BCUT2D eigenvalue weighted by Crippen LogP contribution is -2.18. The van der Waals surface area contributed by atoms with Crippen LogP contribution in [0.3, 0.4) is 0 Å². The second-order valence-electron chi connectivity index (χ2n) is 5.16. The van der Waals surface area contributed by atoms with Crippen LogP contribution in [0.5, 0.6) is 0 Å². The van der Waals surface area contributed by atoms with Gasteiger partial charge in [-0.3, -0.25) is 10.1 Å². The molecule has 0 unspecified atom stereocenters. The van der Waals surface area contributed by atoms with Crippen molar-refractivity contribution in [2.75, 3.05) is 7.05 Å². The number of hydrogen-bond donors (Lipinski definition) is 2. The normalized spacial score (nSPS) is 11.4. The number of imidazole rings is 1. The van der Waals surface area contributed by atoms with Crippen LogP contribution in [0, 0.1) is 10.1 Å². The number of nitrogens with one attached hydrogen (secondary N) is 2. The van der Waals surface area contributed by atoms with Gasteiger partial charge in [0.1, 0.15) is 0 Å². The Hall–Kier alpha value is -2.69. The molecule has 0 saturated carbocycles. The maximum Gasteiger partial charge on any atom is 0.284 e. The van der Waals surface area contributed by atoms with Crippen molar-refractivity contribution in [3.8, 4) is 11.3 Å². The van der Waals surface area contributed by atoms with Gasteiger partial charge in [-0.1, -0.05) is 30.3 Å². The lowest BCUT2D eigenvalue weighted by Gasteiger charge is -2.05. The molecule has 3 rings (SSSR count). The van der Waals surface area contributed by atoms with Crippen LogP contribution in [0.4, 0.5) is 5.69 Å². The van der Waals surface area contributed by atoms with Crippen LogP contribution < -0.4 is 4.72 Å². The Balaban J connectivity index is 1.93. The summed E-state index contributed by atoms with van der Waals surface area (Å²) >= 11 is 1.06. The molecule has 1 heterocycles. The molecular weight excluding hydrogens is 376 g/mol. The standard InChI is InChI=1S/C16H14N4O4S2/c1-17-26(23,24)12-7-8-15(14(9-12)20(21)22)25-16-18-10-13(19-16)11-5-3-2-4-6-11/h2-10,17H,1H3,(H,18,19). The Morgan fingerprint density at radius 2 is 1.92 bits per heavy atom. The van der Waals surface area contributed by atoms with Crippen molar-refractivity contribution in [3.05, 3.63) is 64.8 Å². The van der Waals surface area contributed by atoms with Crippen LogP contribution in [0.2, 0.25) is 0 Å². The van der Waals surface area contributed by atoms with Crippen LogP contribution in [0.15, 0.2) is 69.7 Å². The van der Waals surface area contributed by atoms with E-state index in [1.54, 1.807) is 6.20 Å².